The van der Waals surface area contributed by atoms with Gasteiger partial charge in [-0.25, -0.2) is 4.98 Å². The molecule has 3 rings (SSSR count). The van der Waals surface area contributed by atoms with Crippen molar-refractivity contribution in [2.75, 3.05) is 6.61 Å². The van der Waals surface area contributed by atoms with E-state index in [9.17, 15) is 14.7 Å². The number of hydrogen-bond acceptors (Lipinski definition) is 7. The molecule has 0 aromatic carbocycles. The predicted octanol–water partition coefficient (Wildman–Crippen LogP) is -0.905. The summed E-state index contributed by atoms with van der Waals surface area (Å²) in [6.45, 7) is 1.29. The first-order valence-corrected chi connectivity index (χ1v) is 6.89. The molecule has 0 bridgehead atoms. The molecule has 0 unspecified atom stereocenters. The van der Waals surface area contributed by atoms with E-state index in [-0.39, 0.29) is 33.8 Å². The van der Waals surface area contributed by atoms with Crippen LogP contribution in [0.15, 0.2) is 9.59 Å². The molecule has 0 radical (unpaired) electrons. The fraction of sp³-hybridized carbons (Fsp3) is 0.545. The Balaban J connectivity index is 2.15. The zero-order valence-electron chi connectivity index (χ0n) is 10.6. The van der Waals surface area contributed by atoms with Gasteiger partial charge in [-0.3, -0.25) is 14.2 Å². The van der Waals surface area contributed by atoms with Crippen LogP contribution in [0.5, 0.6) is 0 Å². The molecule has 20 heavy (non-hydrogen) atoms. The zero-order valence-corrected chi connectivity index (χ0v) is 11.4. The third-order valence-electron chi connectivity index (χ3n) is 3.26. The Bertz CT molecular complexity index is 763. The van der Waals surface area contributed by atoms with Crippen molar-refractivity contribution >= 4 is 21.7 Å². The minimum Gasteiger partial charge on any atom is -0.394 e. The number of hydrogen-bond donors (Lipinski definition) is 3. The van der Waals surface area contributed by atoms with E-state index in [1.165, 1.54) is 4.57 Å². The van der Waals surface area contributed by atoms with Gasteiger partial charge in [0.15, 0.2) is 5.65 Å². The zero-order chi connectivity index (χ0) is 14.4. The summed E-state index contributed by atoms with van der Waals surface area (Å²) in [6.07, 6.45) is -2.14. The average Bonchev–Trinajstić information content (AvgIpc) is 2.89. The molecule has 0 spiro atoms. The van der Waals surface area contributed by atoms with Gasteiger partial charge in [0.1, 0.15) is 22.9 Å². The molecular weight excluding hydrogens is 286 g/mol. The quantitative estimate of drug-likeness (QED) is 0.661. The van der Waals surface area contributed by atoms with Gasteiger partial charge in [-0.15, -0.1) is 0 Å². The summed E-state index contributed by atoms with van der Waals surface area (Å²) in [6, 6.07) is 0. The van der Waals surface area contributed by atoms with Gasteiger partial charge in [-0.05, 0) is 6.92 Å². The Morgan fingerprint density at radius 3 is 2.95 bits per heavy atom. The maximum Gasteiger partial charge on any atom is 0.311 e. The molecule has 8 nitrogen and oxygen atoms in total. The van der Waals surface area contributed by atoms with Gasteiger partial charge < -0.3 is 19.9 Å². The fourth-order valence-electron chi connectivity index (χ4n) is 2.33. The van der Waals surface area contributed by atoms with E-state index in [4.69, 9.17) is 9.84 Å². The first kappa shape index (κ1) is 13.4. The molecular formula is C11H13N3O5S. The summed E-state index contributed by atoms with van der Waals surface area (Å²) < 4.78 is 6.95. The fourth-order valence-corrected chi connectivity index (χ4v) is 3.19. The molecule has 2 aromatic heterocycles. The Morgan fingerprint density at radius 2 is 2.30 bits per heavy atom. The number of H-pyrrole nitrogens is 1. The van der Waals surface area contributed by atoms with E-state index in [1.54, 1.807) is 6.92 Å². The number of aryl methyl sites for hydroxylation is 1. The minimum absolute atomic E-state index is 0.171. The van der Waals surface area contributed by atoms with Crippen molar-refractivity contribution < 1.29 is 14.9 Å². The standard InChI is InChI=1S/C11H13N3O5S/c1-4-12-9-8(10(17)13-4)20-11(18)14(9)7-2-5(16)6(3-15)19-7/h5-7,15-16H,2-3H2,1H3,(H,12,13,17)/t5-,6+,7+/m0/s1. The van der Waals surface area contributed by atoms with Crippen LogP contribution >= 0.6 is 11.3 Å². The second kappa shape index (κ2) is 4.77. The monoisotopic (exact) mass is 299 g/mol. The van der Waals surface area contributed by atoms with Crippen molar-refractivity contribution in [3.63, 3.8) is 0 Å². The summed E-state index contributed by atoms with van der Waals surface area (Å²) in [5.74, 6) is 0.395. The van der Waals surface area contributed by atoms with Gasteiger partial charge in [0.05, 0.1) is 12.7 Å². The first-order chi connectivity index (χ1) is 9.51. The van der Waals surface area contributed by atoms with Gasteiger partial charge in [0.2, 0.25) is 0 Å². The van der Waals surface area contributed by atoms with E-state index in [0.29, 0.717) is 5.82 Å². The van der Waals surface area contributed by atoms with Gasteiger partial charge in [0.25, 0.3) is 5.56 Å². The highest BCUT2D eigenvalue weighted by Gasteiger charge is 2.36. The van der Waals surface area contributed by atoms with Crippen molar-refractivity contribution in [3.05, 3.63) is 25.8 Å². The maximum absolute atomic E-state index is 12.1. The third kappa shape index (κ3) is 1.99. The van der Waals surface area contributed by atoms with Gasteiger partial charge in [0, 0.05) is 6.42 Å². The summed E-state index contributed by atoms with van der Waals surface area (Å²) in [4.78, 5) is 30.2. The molecule has 9 heteroatoms. The summed E-state index contributed by atoms with van der Waals surface area (Å²) in [5, 5.41) is 18.8. The number of fused-ring (bicyclic) bond motifs is 1. The normalized spacial score (nSPS) is 26.4. The number of aliphatic hydroxyl groups is 2. The number of aromatic nitrogens is 3. The number of thiazole rings is 1. The van der Waals surface area contributed by atoms with Crippen molar-refractivity contribution in [2.24, 2.45) is 0 Å². The third-order valence-corrected chi connectivity index (χ3v) is 4.21. The van der Waals surface area contributed by atoms with E-state index in [1.807, 2.05) is 0 Å². The van der Waals surface area contributed by atoms with E-state index >= 15 is 0 Å². The molecule has 108 valence electrons. The highest BCUT2D eigenvalue weighted by atomic mass is 32.1. The van der Waals surface area contributed by atoms with Crippen LogP contribution in [0.2, 0.25) is 0 Å². The van der Waals surface area contributed by atoms with E-state index in [2.05, 4.69) is 9.97 Å². The lowest BCUT2D eigenvalue weighted by molar-refractivity contribution is -0.0437. The summed E-state index contributed by atoms with van der Waals surface area (Å²) >= 11 is 0.788. The highest BCUT2D eigenvalue weighted by Crippen LogP contribution is 2.30. The average molecular weight is 299 g/mol. The molecule has 0 aliphatic carbocycles. The number of nitrogens with zero attached hydrogens (tertiary/aromatic N) is 2. The second-order valence-electron chi connectivity index (χ2n) is 4.66. The second-order valence-corrected chi connectivity index (χ2v) is 5.62. The Morgan fingerprint density at radius 1 is 1.55 bits per heavy atom. The molecule has 2 aromatic rings. The molecule has 3 N–H and O–H groups in total. The summed E-state index contributed by atoms with van der Waals surface area (Å²) in [7, 11) is 0. The molecule has 0 amide bonds. The molecule has 1 aliphatic rings. The molecule has 3 atom stereocenters. The molecule has 1 aliphatic heterocycles. The van der Waals surface area contributed by atoms with Crippen LogP contribution in [0, 0.1) is 6.92 Å². The number of nitrogens with one attached hydrogen (secondary N) is 1. The number of ether oxygens (including phenoxy) is 1. The molecule has 0 saturated carbocycles. The van der Waals surface area contributed by atoms with Crippen LogP contribution in [0.3, 0.4) is 0 Å². The lowest BCUT2D eigenvalue weighted by Gasteiger charge is -2.13. The Kier molecular flexibility index (Phi) is 3.21. The van der Waals surface area contributed by atoms with Crippen molar-refractivity contribution in [1.29, 1.82) is 0 Å². The number of aromatic amines is 1. The van der Waals surface area contributed by atoms with Crippen molar-refractivity contribution in [3.8, 4) is 0 Å². The van der Waals surface area contributed by atoms with E-state index in [0.717, 1.165) is 11.3 Å². The molecule has 1 saturated heterocycles. The SMILES string of the molecule is Cc1nc2c(sc(=O)n2[C@H]2C[C@H](O)[C@@H](CO)O2)c(=O)[nH]1. The first-order valence-electron chi connectivity index (χ1n) is 6.07. The number of aliphatic hydroxyl groups excluding tert-OH is 2. The lowest BCUT2D eigenvalue weighted by Crippen LogP contribution is -2.25. The van der Waals surface area contributed by atoms with Crippen molar-refractivity contribution in [1.82, 2.24) is 14.5 Å². The van der Waals surface area contributed by atoms with Gasteiger partial charge in [-0.2, -0.15) is 0 Å². The molecule has 1 fully saturated rings. The van der Waals surface area contributed by atoms with Gasteiger partial charge in [-0.1, -0.05) is 11.3 Å². The minimum atomic E-state index is -0.852. The predicted molar refractivity (Wildman–Crippen MR) is 70.9 cm³/mol. The maximum atomic E-state index is 12.1. The Labute approximate surface area is 116 Å². The van der Waals surface area contributed by atoms with Crippen LogP contribution in [-0.4, -0.2) is 43.6 Å². The van der Waals surface area contributed by atoms with Gasteiger partial charge >= 0.3 is 4.87 Å². The van der Waals surface area contributed by atoms with Crippen LogP contribution < -0.4 is 10.4 Å². The van der Waals surface area contributed by atoms with Crippen LogP contribution in [0.4, 0.5) is 0 Å². The topological polar surface area (TPSA) is 117 Å². The van der Waals surface area contributed by atoms with Crippen LogP contribution in [0.1, 0.15) is 18.5 Å². The Hall–Kier alpha value is -1.55. The largest absolute Gasteiger partial charge is 0.394 e. The lowest BCUT2D eigenvalue weighted by atomic mass is 10.2. The smallest absolute Gasteiger partial charge is 0.311 e. The van der Waals surface area contributed by atoms with Crippen LogP contribution in [0.25, 0.3) is 10.3 Å². The van der Waals surface area contributed by atoms with Crippen LogP contribution in [-0.2, 0) is 4.74 Å². The van der Waals surface area contributed by atoms with Crippen molar-refractivity contribution in [2.45, 2.75) is 31.8 Å². The van der Waals surface area contributed by atoms with E-state index < -0.39 is 18.4 Å². The number of rotatable bonds is 2. The highest BCUT2D eigenvalue weighted by molar-refractivity contribution is 7.16. The molecule has 3 heterocycles. The summed E-state index contributed by atoms with van der Waals surface area (Å²) in [5.41, 5.74) is -0.123.